The molecule has 0 atom stereocenters. The van der Waals surface area contributed by atoms with Gasteiger partial charge in [-0.15, -0.1) is 0 Å². The monoisotopic (exact) mass is 245 g/mol. The zero-order valence-electron chi connectivity index (χ0n) is 10.6. The van der Waals surface area contributed by atoms with Crippen LogP contribution in [0.2, 0.25) is 0 Å². The summed E-state index contributed by atoms with van der Waals surface area (Å²) in [5, 5.41) is 5.84. The lowest BCUT2D eigenvalue weighted by Gasteiger charge is -2.05. The lowest BCUT2D eigenvalue weighted by molar-refractivity contribution is 1.61. The van der Waals surface area contributed by atoms with E-state index in [9.17, 15) is 0 Å². The number of anilines is 1. The molecule has 0 amide bonds. The summed E-state index contributed by atoms with van der Waals surface area (Å²) in [6.45, 7) is 0. The summed E-state index contributed by atoms with van der Waals surface area (Å²) in [6.07, 6.45) is 4.05. The molecule has 3 aromatic carbocycles. The Bertz CT molecular complexity index is 694. The van der Waals surface area contributed by atoms with E-state index in [4.69, 9.17) is 0 Å². The molecule has 0 saturated heterocycles. The van der Waals surface area contributed by atoms with Crippen LogP contribution in [0.5, 0.6) is 0 Å². The normalized spacial score (nSPS) is 10.9. The van der Waals surface area contributed by atoms with Gasteiger partial charge in [-0.3, -0.25) is 0 Å². The number of hydrogen-bond donors (Lipinski definition) is 1. The molecule has 0 aliphatic carbocycles. The molecule has 0 aromatic heterocycles. The van der Waals surface area contributed by atoms with Crippen LogP contribution in [0.4, 0.5) is 5.69 Å². The van der Waals surface area contributed by atoms with Gasteiger partial charge in [0.1, 0.15) is 0 Å². The van der Waals surface area contributed by atoms with Gasteiger partial charge in [0.05, 0.1) is 0 Å². The van der Waals surface area contributed by atoms with Crippen molar-refractivity contribution in [1.82, 2.24) is 0 Å². The maximum atomic E-state index is 3.36. The second-order valence-corrected chi connectivity index (χ2v) is 4.42. The predicted octanol–water partition coefficient (Wildman–Crippen LogP) is 4.92. The molecule has 3 rings (SSSR count). The summed E-state index contributed by atoms with van der Waals surface area (Å²) < 4.78 is 0. The van der Waals surface area contributed by atoms with Gasteiger partial charge in [-0.25, -0.2) is 0 Å². The van der Waals surface area contributed by atoms with Gasteiger partial charge >= 0.3 is 0 Å². The Morgan fingerprint density at radius 3 is 2.32 bits per heavy atom. The molecule has 0 unspecified atom stereocenters. The summed E-state index contributed by atoms with van der Waals surface area (Å²) in [6, 6.07) is 24.9. The second kappa shape index (κ2) is 5.40. The molecule has 19 heavy (non-hydrogen) atoms. The Balaban J connectivity index is 1.84. The highest BCUT2D eigenvalue weighted by Crippen LogP contribution is 2.22. The van der Waals surface area contributed by atoms with Crippen LogP contribution in [0.1, 0.15) is 5.56 Å². The van der Waals surface area contributed by atoms with Gasteiger partial charge < -0.3 is 5.32 Å². The first kappa shape index (κ1) is 11.5. The molecule has 0 radical (unpaired) electrons. The van der Waals surface area contributed by atoms with Crippen molar-refractivity contribution in [2.75, 3.05) is 5.32 Å². The van der Waals surface area contributed by atoms with Crippen LogP contribution < -0.4 is 5.32 Å². The molecule has 92 valence electrons. The SMILES string of the molecule is C(=Cc1ccccc1)Nc1cccc2ccccc12. The lowest BCUT2D eigenvalue weighted by atomic mass is 10.1. The van der Waals surface area contributed by atoms with Gasteiger partial charge in [-0.2, -0.15) is 0 Å². The largest absolute Gasteiger partial charge is 0.361 e. The van der Waals surface area contributed by atoms with Crippen LogP contribution in [0.25, 0.3) is 16.8 Å². The lowest BCUT2D eigenvalue weighted by Crippen LogP contribution is -1.88. The van der Waals surface area contributed by atoms with Crippen LogP contribution in [0.3, 0.4) is 0 Å². The van der Waals surface area contributed by atoms with Crippen molar-refractivity contribution in [3.8, 4) is 0 Å². The first-order valence-corrected chi connectivity index (χ1v) is 6.39. The van der Waals surface area contributed by atoms with Crippen molar-refractivity contribution in [1.29, 1.82) is 0 Å². The Labute approximate surface area is 113 Å². The first-order valence-electron chi connectivity index (χ1n) is 6.39. The first-order chi connectivity index (χ1) is 9.43. The number of rotatable bonds is 3. The molecule has 1 heteroatoms. The van der Waals surface area contributed by atoms with Crippen molar-refractivity contribution >= 4 is 22.5 Å². The molecular weight excluding hydrogens is 230 g/mol. The Hall–Kier alpha value is -2.54. The minimum absolute atomic E-state index is 1.13. The zero-order valence-corrected chi connectivity index (χ0v) is 10.6. The molecule has 0 aliphatic rings. The van der Waals surface area contributed by atoms with Crippen molar-refractivity contribution in [2.45, 2.75) is 0 Å². The Morgan fingerprint density at radius 2 is 1.42 bits per heavy atom. The third kappa shape index (κ3) is 2.66. The molecule has 1 nitrogen and oxygen atoms in total. The van der Waals surface area contributed by atoms with Gasteiger partial charge in [-0.05, 0) is 23.1 Å². The fourth-order valence-electron chi connectivity index (χ4n) is 2.14. The summed E-state index contributed by atoms with van der Waals surface area (Å²) in [4.78, 5) is 0. The molecule has 0 fully saturated rings. The highest BCUT2D eigenvalue weighted by molar-refractivity contribution is 5.94. The highest BCUT2D eigenvalue weighted by atomic mass is 14.8. The minimum Gasteiger partial charge on any atom is -0.361 e. The van der Waals surface area contributed by atoms with Gasteiger partial charge in [-0.1, -0.05) is 66.7 Å². The standard InChI is InChI=1S/C18H15N/c1-2-7-15(8-3-1)13-14-19-18-12-6-10-16-9-4-5-11-17(16)18/h1-14,19H. The summed E-state index contributed by atoms with van der Waals surface area (Å²) >= 11 is 0. The van der Waals surface area contributed by atoms with Crippen LogP contribution in [0, 0.1) is 0 Å². The smallest absolute Gasteiger partial charge is 0.0459 e. The van der Waals surface area contributed by atoms with E-state index < -0.39 is 0 Å². The van der Waals surface area contributed by atoms with Crippen LogP contribution in [0.15, 0.2) is 79.0 Å². The van der Waals surface area contributed by atoms with E-state index in [-0.39, 0.29) is 0 Å². The highest BCUT2D eigenvalue weighted by Gasteiger charge is 1.96. The Morgan fingerprint density at radius 1 is 0.684 bits per heavy atom. The van der Waals surface area contributed by atoms with Crippen LogP contribution in [-0.4, -0.2) is 0 Å². The van der Waals surface area contributed by atoms with Crippen LogP contribution >= 0.6 is 0 Å². The van der Waals surface area contributed by atoms with E-state index in [1.807, 2.05) is 24.4 Å². The predicted molar refractivity (Wildman–Crippen MR) is 83.0 cm³/mol. The molecule has 1 N–H and O–H groups in total. The average Bonchev–Trinajstić information content (AvgIpc) is 2.49. The molecular formula is C18H15N. The van der Waals surface area contributed by atoms with Crippen LogP contribution in [-0.2, 0) is 0 Å². The number of fused-ring (bicyclic) bond motifs is 1. The van der Waals surface area contributed by atoms with Gasteiger partial charge in [0.2, 0.25) is 0 Å². The van der Waals surface area contributed by atoms with Gasteiger partial charge in [0, 0.05) is 17.3 Å². The fourth-order valence-corrected chi connectivity index (χ4v) is 2.14. The molecule has 0 saturated carbocycles. The topological polar surface area (TPSA) is 12.0 Å². The van der Waals surface area contributed by atoms with E-state index in [0.29, 0.717) is 0 Å². The summed E-state index contributed by atoms with van der Waals surface area (Å²) in [7, 11) is 0. The molecule has 3 aromatic rings. The maximum Gasteiger partial charge on any atom is 0.0459 e. The third-order valence-electron chi connectivity index (χ3n) is 3.10. The molecule has 0 spiro atoms. The third-order valence-corrected chi connectivity index (χ3v) is 3.10. The Kier molecular flexibility index (Phi) is 3.28. The van der Waals surface area contributed by atoms with Crippen molar-refractivity contribution in [3.63, 3.8) is 0 Å². The fraction of sp³-hybridized carbons (Fsp3) is 0. The van der Waals surface area contributed by atoms with E-state index >= 15 is 0 Å². The zero-order chi connectivity index (χ0) is 12.9. The molecule has 0 aliphatic heterocycles. The second-order valence-electron chi connectivity index (χ2n) is 4.42. The molecule has 0 heterocycles. The van der Waals surface area contributed by atoms with Crippen molar-refractivity contribution in [2.24, 2.45) is 0 Å². The van der Waals surface area contributed by atoms with Crippen molar-refractivity contribution < 1.29 is 0 Å². The quantitative estimate of drug-likeness (QED) is 0.690. The summed E-state index contributed by atoms with van der Waals surface area (Å²) in [5.74, 6) is 0. The summed E-state index contributed by atoms with van der Waals surface area (Å²) in [5.41, 5.74) is 2.32. The van der Waals surface area contributed by atoms with E-state index in [1.165, 1.54) is 16.3 Å². The van der Waals surface area contributed by atoms with Gasteiger partial charge in [0.15, 0.2) is 0 Å². The van der Waals surface area contributed by atoms with E-state index in [1.54, 1.807) is 0 Å². The van der Waals surface area contributed by atoms with Gasteiger partial charge in [0.25, 0.3) is 0 Å². The number of nitrogens with one attached hydrogen (secondary N) is 1. The average molecular weight is 245 g/mol. The maximum absolute atomic E-state index is 3.36. The van der Waals surface area contributed by atoms with E-state index in [2.05, 4.69) is 66.0 Å². The number of hydrogen-bond acceptors (Lipinski definition) is 1. The minimum atomic E-state index is 1.13. The molecule has 0 bridgehead atoms. The van der Waals surface area contributed by atoms with Crippen molar-refractivity contribution in [3.05, 3.63) is 84.6 Å². The van der Waals surface area contributed by atoms with E-state index in [0.717, 1.165) is 5.69 Å². The number of benzene rings is 3.